The van der Waals surface area contributed by atoms with Crippen LogP contribution in [0.4, 0.5) is 15.3 Å². The Morgan fingerprint density at radius 3 is 2.61 bits per heavy atom. The van der Waals surface area contributed by atoms with Crippen LogP contribution in [0.1, 0.15) is 49.7 Å². The van der Waals surface area contributed by atoms with Gasteiger partial charge < -0.3 is 20.3 Å². The summed E-state index contributed by atoms with van der Waals surface area (Å²) in [6.07, 6.45) is 5.21. The Hall–Kier alpha value is -3.10. The van der Waals surface area contributed by atoms with Crippen LogP contribution in [-0.2, 0) is 26.3 Å². The van der Waals surface area contributed by atoms with E-state index in [0.717, 1.165) is 42.6 Å². The minimum atomic E-state index is -1.38. The Kier molecular flexibility index (Phi) is 4.64. The summed E-state index contributed by atoms with van der Waals surface area (Å²) in [4.78, 5) is 53.4. The van der Waals surface area contributed by atoms with Gasteiger partial charge in [0.1, 0.15) is 6.54 Å². The Morgan fingerprint density at radius 2 is 1.90 bits per heavy atom. The highest BCUT2D eigenvalue weighted by Crippen LogP contribution is 2.46. The van der Waals surface area contributed by atoms with E-state index in [-0.39, 0.29) is 30.6 Å². The van der Waals surface area contributed by atoms with E-state index in [1.807, 2.05) is 4.90 Å². The molecular weight excluding hydrogens is 400 g/mol. The van der Waals surface area contributed by atoms with Gasteiger partial charge in [0.2, 0.25) is 11.5 Å². The van der Waals surface area contributed by atoms with Gasteiger partial charge in [0.05, 0.1) is 0 Å². The second-order valence-electron chi connectivity index (χ2n) is 8.78. The fourth-order valence-electron chi connectivity index (χ4n) is 5.67. The zero-order valence-electron chi connectivity index (χ0n) is 17.5. The standard InChI is InChI=1S/C22H26N4O5/c1-23-20(29)24-14-5-8-17-13(11-14)9-10-22(17)19(28)25(21(30)31-22)12-18(27)26-15-3-2-4-16(26)7-6-15/h5,8,11,15-16H,2-4,6-7,9-10,12H2,1H3,(H2,23,24,29)/t15?,16?,22-/m1/s1. The maximum Gasteiger partial charge on any atom is 0.418 e. The van der Waals surface area contributed by atoms with Crippen molar-refractivity contribution in [1.82, 2.24) is 15.1 Å². The Labute approximate surface area is 180 Å². The van der Waals surface area contributed by atoms with Crippen molar-refractivity contribution in [3.63, 3.8) is 0 Å². The van der Waals surface area contributed by atoms with Crippen LogP contribution in [0, 0.1) is 0 Å². The van der Waals surface area contributed by atoms with E-state index in [1.165, 1.54) is 7.05 Å². The van der Waals surface area contributed by atoms with Crippen LogP contribution in [0.15, 0.2) is 18.2 Å². The smallest absolute Gasteiger partial charge is 0.418 e. The Bertz CT molecular complexity index is 963. The number of hydrogen-bond donors (Lipinski definition) is 2. The average molecular weight is 426 g/mol. The molecule has 0 aromatic heterocycles. The van der Waals surface area contributed by atoms with Gasteiger partial charge in [0, 0.05) is 36.8 Å². The molecule has 3 fully saturated rings. The summed E-state index contributed by atoms with van der Waals surface area (Å²) in [5.41, 5.74) is 0.692. The van der Waals surface area contributed by atoms with Gasteiger partial charge in [0.15, 0.2) is 0 Å². The molecule has 4 aliphatic rings. The molecular formula is C22H26N4O5. The molecule has 164 valence electrons. The lowest BCUT2D eigenvalue weighted by Crippen LogP contribution is -2.50. The lowest BCUT2D eigenvalue weighted by atomic mass is 9.94. The van der Waals surface area contributed by atoms with Crippen molar-refractivity contribution in [2.24, 2.45) is 0 Å². The van der Waals surface area contributed by atoms with Crippen LogP contribution in [0.2, 0.25) is 0 Å². The summed E-state index contributed by atoms with van der Waals surface area (Å²) in [5, 5.41) is 5.19. The molecule has 3 heterocycles. The fourth-order valence-corrected chi connectivity index (χ4v) is 5.67. The average Bonchev–Trinajstić information content (AvgIpc) is 3.33. The number of imide groups is 1. The van der Waals surface area contributed by atoms with Crippen molar-refractivity contribution in [2.75, 3.05) is 18.9 Å². The number of anilines is 1. The zero-order valence-corrected chi connectivity index (χ0v) is 17.5. The molecule has 3 atom stereocenters. The lowest BCUT2D eigenvalue weighted by molar-refractivity contribution is -0.143. The summed E-state index contributed by atoms with van der Waals surface area (Å²) in [5.74, 6) is -0.640. The first-order valence-electron chi connectivity index (χ1n) is 10.9. The maximum atomic E-state index is 13.3. The number of hydrogen-bond acceptors (Lipinski definition) is 5. The largest absolute Gasteiger partial charge is 0.427 e. The number of carbonyl (C=O) groups is 4. The predicted octanol–water partition coefficient (Wildman–Crippen LogP) is 2.10. The molecule has 3 aliphatic heterocycles. The van der Waals surface area contributed by atoms with Crippen molar-refractivity contribution in [1.29, 1.82) is 0 Å². The fraction of sp³-hybridized carbons (Fsp3) is 0.545. The van der Waals surface area contributed by atoms with Gasteiger partial charge in [-0.2, -0.15) is 0 Å². The van der Waals surface area contributed by atoms with Crippen LogP contribution in [0.5, 0.6) is 0 Å². The number of fused-ring (bicyclic) bond motifs is 4. The molecule has 2 bridgehead atoms. The number of nitrogens with zero attached hydrogens (tertiary/aromatic N) is 2. The minimum absolute atomic E-state index is 0.169. The van der Waals surface area contributed by atoms with E-state index < -0.39 is 17.6 Å². The highest BCUT2D eigenvalue weighted by atomic mass is 16.6. The summed E-state index contributed by atoms with van der Waals surface area (Å²) >= 11 is 0. The first-order valence-corrected chi connectivity index (χ1v) is 10.9. The van der Waals surface area contributed by atoms with Crippen LogP contribution in [0.3, 0.4) is 0 Å². The first kappa shape index (κ1) is 19.8. The summed E-state index contributed by atoms with van der Waals surface area (Å²) < 4.78 is 5.63. The Balaban J connectivity index is 1.35. The van der Waals surface area contributed by atoms with Gasteiger partial charge in [-0.15, -0.1) is 0 Å². The van der Waals surface area contributed by atoms with Crippen LogP contribution in [0.25, 0.3) is 0 Å². The molecule has 0 radical (unpaired) electrons. The number of nitrogens with one attached hydrogen (secondary N) is 2. The highest BCUT2D eigenvalue weighted by Gasteiger charge is 2.58. The van der Waals surface area contributed by atoms with Gasteiger partial charge >= 0.3 is 12.1 Å². The molecule has 1 aromatic carbocycles. The van der Waals surface area contributed by atoms with E-state index >= 15 is 0 Å². The number of aryl methyl sites for hydroxylation is 1. The molecule has 1 spiro atoms. The van der Waals surface area contributed by atoms with Crippen molar-refractivity contribution in [2.45, 2.75) is 62.6 Å². The third-order valence-electron chi connectivity index (χ3n) is 7.12. The van der Waals surface area contributed by atoms with Gasteiger partial charge in [-0.3, -0.25) is 9.59 Å². The van der Waals surface area contributed by atoms with E-state index in [9.17, 15) is 19.2 Å². The second-order valence-corrected chi connectivity index (χ2v) is 8.78. The quantitative estimate of drug-likeness (QED) is 0.770. The van der Waals surface area contributed by atoms with Crippen molar-refractivity contribution in [3.05, 3.63) is 29.3 Å². The summed E-state index contributed by atoms with van der Waals surface area (Å²) in [6.45, 7) is -0.266. The second kappa shape index (κ2) is 7.25. The van der Waals surface area contributed by atoms with Gasteiger partial charge in [-0.25, -0.2) is 14.5 Å². The van der Waals surface area contributed by atoms with Crippen LogP contribution in [-0.4, -0.2) is 59.4 Å². The molecule has 2 N–H and O–H groups in total. The summed E-state index contributed by atoms with van der Waals surface area (Å²) in [7, 11) is 1.53. The number of urea groups is 1. The topological polar surface area (TPSA) is 108 Å². The predicted molar refractivity (Wildman–Crippen MR) is 110 cm³/mol. The monoisotopic (exact) mass is 426 g/mol. The van der Waals surface area contributed by atoms with Gasteiger partial charge in [0.25, 0.3) is 5.91 Å². The first-order chi connectivity index (χ1) is 14.9. The number of benzene rings is 1. The zero-order chi connectivity index (χ0) is 21.8. The molecule has 0 saturated carbocycles. The van der Waals surface area contributed by atoms with Crippen molar-refractivity contribution in [3.8, 4) is 0 Å². The molecule has 2 unspecified atom stereocenters. The summed E-state index contributed by atoms with van der Waals surface area (Å²) in [6, 6.07) is 5.31. The Morgan fingerprint density at radius 1 is 1.16 bits per heavy atom. The third kappa shape index (κ3) is 3.05. The van der Waals surface area contributed by atoms with E-state index in [4.69, 9.17) is 4.74 Å². The molecule has 31 heavy (non-hydrogen) atoms. The van der Waals surface area contributed by atoms with E-state index in [0.29, 0.717) is 24.1 Å². The SMILES string of the molecule is CNC(=O)Nc1ccc2c(c1)CC[C@@]21OC(=O)N(CC(=O)N2C3CCCC2CC3)C1=O. The number of rotatable bonds is 3. The number of amides is 5. The normalized spacial score (nSPS) is 28.7. The van der Waals surface area contributed by atoms with Crippen molar-refractivity contribution >= 4 is 29.6 Å². The van der Waals surface area contributed by atoms with Crippen molar-refractivity contribution < 1.29 is 23.9 Å². The molecule has 1 aromatic rings. The molecule has 9 heteroatoms. The molecule has 9 nitrogen and oxygen atoms in total. The van der Waals surface area contributed by atoms with E-state index in [1.54, 1.807) is 18.2 Å². The highest BCUT2D eigenvalue weighted by molar-refractivity contribution is 6.06. The molecule has 1 aliphatic carbocycles. The number of ether oxygens (including phenoxy) is 1. The number of piperidine rings is 1. The molecule has 5 rings (SSSR count). The maximum absolute atomic E-state index is 13.3. The van der Waals surface area contributed by atoms with Crippen LogP contribution >= 0.6 is 0 Å². The minimum Gasteiger partial charge on any atom is -0.427 e. The third-order valence-corrected chi connectivity index (χ3v) is 7.12. The lowest BCUT2D eigenvalue weighted by Gasteiger charge is -2.35. The van der Waals surface area contributed by atoms with E-state index in [2.05, 4.69) is 10.6 Å². The van der Waals surface area contributed by atoms with Gasteiger partial charge in [-0.1, -0.05) is 6.07 Å². The van der Waals surface area contributed by atoms with Gasteiger partial charge in [-0.05, 0) is 56.2 Å². The molecule has 5 amide bonds. The molecule has 3 saturated heterocycles. The van der Waals surface area contributed by atoms with Crippen LogP contribution < -0.4 is 10.6 Å². The number of carbonyl (C=O) groups excluding carboxylic acids is 4.